The molecule has 2 aromatic rings. The van der Waals surface area contributed by atoms with E-state index in [-0.39, 0.29) is 19.0 Å². The number of carbonyl (C=O) groups excluding carboxylic acids is 1. The van der Waals surface area contributed by atoms with E-state index in [0.717, 1.165) is 0 Å². The summed E-state index contributed by atoms with van der Waals surface area (Å²) in [4.78, 5) is 14.7. The van der Waals surface area contributed by atoms with Gasteiger partial charge >= 0.3 is 0 Å². The standard InChI is InChI=1S/C20H22N2O2.ClH/c1-22(2)16-10-9-15-21-19(23)20(24,17-11-5-3-6-12-17)18-13-7-4-8-14-18;/h3-8,11-14,24H,15-16H2,1-2H3,(H,21,23);1H. The van der Waals surface area contributed by atoms with Crippen molar-refractivity contribution in [2.45, 2.75) is 5.60 Å². The maximum Gasteiger partial charge on any atom is 0.262 e. The van der Waals surface area contributed by atoms with E-state index in [2.05, 4.69) is 17.2 Å². The summed E-state index contributed by atoms with van der Waals surface area (Å²) in [5.74, 6) is 5.35. The fraction of sp³-hybridized carbons (Fsp3) is 0.250. The molecule has 0 heterocycles. The molecule has 0 atom stereocenters. The van der Waals surface area contributed by atoms with Crippen LogP contribution in [0, 0.1) is 11.8 Å². The largest absolute Gasteiger partial charge is 0.372 e. The predicted molar refractivity (Wildman–Crippen MR) is 102 cm³/mol. The minimum Gasteiger partial charge on any atom is -0.372 e. The van der Waals surface area contributed by atoms with Gasteiger partial charge in [-0.3, -0.25) is 9.69 Å². The second-order valence-corrected chi connectivity index (χ2v) is 5.72. The first-order chi connectivity index (χ1) is 11.5. The Hall–Kier alpha value is -2.32. The summed E-state index contributed by atoms with van der Waals surface area (Å²) in [6, 6.07) is 17.9. The molecular weight excluding hydrogens is 336 g/mol. The number of nitrogens with one attached hydrogen (secondary N) is 1. The number of halogens is 1. The van der Waals surface area contributed by atoms with Gasteiger partial charge in [0.2, 0.25) is 0 Å². The molecule has 1 amide bonds. The number of hydrogen-bond acceptors (Lipinski definition) is 3. The van der Waals surface area contributed by atoms with Crippen molar-refractivity contribution in [2.24, 2.45) is 0 Å². The predicted octanol–water partition coefficient (Wildman–Crippen LogP) is 2.03. The molecule has 132 valence electrons. The average Bonchev–Trinajstić information content (AvgIpc) is 2.61. The van der Waals surface area contributed by atoms with Crippen LogP contribution in [-0.4, -0.2) is 43.1 Å². The number of aliphatic hydroxyl groups is 1. The SMILES string of the molecule is CN(C)CC#CCNC(=O)C(O)(c1ccccc1)c1ccccc1.Cl. The van der Waals surface area contributed by atoms with Crippen molar-refractivity contribution in [3.05, 3.63) is 71.8 Å². The zero-order valence-corrected chi connectivity index (χ0v) is 15.2. The van der Waals surface area contributed by atoms with Gasteiger partial charge in [0.15, 0.2) is 5.60 Å². The number of nitrogens with zero attached hydrogens (tertiary/aromatic N) is 1. The Kier molecular flexibility index (Phi) is 8.17. The van der Waals surface area contributed by atoms with Gasteiger partial charge in [0, 0.05) is 0 Å². The molecule has 0 spiro atoms. The topological polar surface area (TPSA) is 52.6 Å². The van der Waals surface area contributed by atoms with E-state index in [9.17, 15) is 9.90 Å². The van der Waals surface area contributed by atoms with E-state index in [1.807, 2.05) is 31.1 Å². The van der Waals surface area contributed by atoms with Crippen molar-refractivity contribution < 1.29 is 9.90 Å². The highest BCUT2D eigenvalue weighted by atomic mass is 35.5. The molecule has 0 aliphatic carbocycles. The van der Waals surface area contributed by atoms with Gasteiger partial charge in [0.05, 0.1) is 13.1 Å². The lowest BCUT2D eigenvalue weighted by molar-refractivity contribution is -0.136. The van der Waals surface area contributed by atoms with E-state index in [1.54, 1.807) is 48.5 Å². The van der Waals surface area contributed by atoms with Crippen LogP contribution in [0.5, 0.6) is 0 Å². The van der Waals surface area contributed by atoms with Gasteiger partial charge in [-0.1, -0.05) is 72.5 Å². The fourth-order valence-corrected chi connectivity index (χ4v) is 2.32. The van der Waals surface area contributed by atoms with E-state index in [1.165, 1.54) is 0 Å². The van der Waals surface area contributed by atoms with Gasteiger partial charge in [-0.15, -0.1) is 12.4 Å². The van der Waals surface area contributed by atoms with Gasteiger partial charge in [-0.05, 0) is 25.2 Å². The molecule has 25 heavy (non-hydrogen) atoms. The molecule has 0 bridgehead atoms. The van der Waals surface area contributed by atoms with E-state index in [0.29, 0.717) is 17.7 Å². The first-order valence-electron chi connectivity index (χ1n) is 7.77. The third kappa shape index (κ3) is 5.33. The van der Waals surface area contributed by atoms with Gasteiger partial charge in [0.1, 0.15) is 0 Å². The molecule has 5 heteroatoms. The van der Waals surface area contributed by atoms with Crippen LogP contribution in [0.15, 0.2) is 60.7 Å². The summed E-state index contributed by atoms with van der Waals surface area (Å²) in [5, 5.41) is 13.9. The lowest BCUT2D eigenvalue weighted by Gasteiger charge is -2.27. The van der Waals surface area contributed by atoms with Crippen molar-refractivity contribution in [1.82, 2.24) is 10.2 Å². The molecule has 0 aliphatic heterocycles. The molecule has 0 aliphatic rings. The quantitative estimate of drug-likeness (QED) is 0.804. The van der Waals surface area contributed by atoms with Crippen LogP contribution < -0.4 is 5.32 Å². The van der Waals surface area contributed by atoms with E-state index < -0.39 is 11.5 Å². The summed E-state index contributed by atoms with van der Waals surface area (Å²) in [6.45, 7) is 0.812. The summed E-state index contributed by atoms with van der Waals surface area (Å²) in [7, 11) is 3.85. The molecule has 0 aromatic heterocycles. The third-order valence-corrected chi connectivity index (χ3v) is 3.57. The van der Waals surface area contributed by atoms with E-state index in [4.69, 9.17) is 0 Å². The number of rotatable bonds is 5. The minimum absolute atomic E-state index is 0. The fourth-order valence-electron chi connectivity index (χ4n) is 2.32. The molecular formula is C20H23ClN2O2. The summed E-state index contributed by atoms with van der Waals surface area (Å²) in [5.41, 5.74) is -0.698. The second-order valence-electron chi connectivity index (χ2n) is 5.72. The maximum atomic E-state index is 12.7. The van der Waals surface area contributed by atoms with Crippen molar-refractivity contribution in [2.75, 3.05) is 27.2 Å². The molecule has 0 saturated heterocycles. The highest BCUT2D eigenvalue weighted by molar-refractivity contribution is 5.90. The third-order valence-electron chi connectivity index (χ3n) is 3.57. The minimum atomic E-state index is -1.74. The van der Waals surface area contributed by atoms with E-state index >= 15 is 0 Å². The van der Waals surface area contributed by atoms with Crippen LogP contribution in [0.2, 0.25) is 0 Å². The molecule has 0 saturated carbocycles. The Morgan fingerprint density at radius 2 is 1.48 bits per heavy atom. The molecule has 2 N–H and O–H groups in total. The number of carbonyl (C=O) groups is 1. The van der Waals surface area contributed by atoms with Crippen LogP contribution in [0.4, 0.5) is 0 Å². The molecule has 0 unspecified atom stereocenters. The van der Waals surface area contributed by atoms with Crippen LogP contribution in [0.25, 0.3) is 0 Å². The Morgan fingerprint density at radius 1 is 1.00 bits per heavy atom. The summed E-state index contributed by atoms with van der Waals surface area (Å²) in [6.07, 6.45) is 0. The smallest absolute Gasteiger partial charge is 0.262 e. The highest BCUT2D eigenvalue weighted by Gasteiger charge is 2.39. The van der Waals surface area contributed by atoms with Crippen LogP contribution in [-0.2, 0) is 10.4 Å². The molecule has 0 fully saturated rings. The highest BCUT2D eigenvalue weighted by Crippen LogP contribution is 2.29. The number of amides is 1. The van der Waals surface area contributed by atoms with Crippen molar-refractivity contribution in [1.29, 1.82) is 0 Å². The van der Waals surface area contributed by atoms with Gasteiger partial charge in [-0.2, -0.15) is 0 Å². The van der Waals surface area contributed by atoms with Gasteiger partial charge in [0.25, 0.3) is 5.91 Å². The monoisotopic (exact) mass is 358 g/mol. The molecule has 2 aromatic carbocycles. The number of benzene rings is 2. The first kappa shape index (κ1) is 20.7. The van der Waals surface area contributed by atoms with Crippen LogP contribution in [0.1, 0.15) is 11.1 Å². The summed E-state index contributed by atoms with van der Waals surface area (Å²) >= 11 is 0. The van der Waals surface area contributed by atoms with Gasteiger partial charge in [-0.25, -0.2) is 0 Å². The molecule has 4 nitrogen and oxygen atoms in total. The van der Waals surface area contributed by atoms with Crippen molar-refractivity contribution in [3.8, 4) is 11.8 Å². The van der Waals surface area contributed by atoms with Crippen LogP contribution in [0.3, 0.4) is 0 Å². The second kappa shape index (κ2) is 9.85. The summed E-state index contributed by atoms with van der Waals surface area (Å²) < 4.78 is 0. The lowest BCUT2D eigenvalue weighted by atomic mass is 9.85. The Balaban J connectivity index is 0.00000312. The average molecular weight is 359 g/mol. The maximum absolute atomic E-state index is 12.7. The molecule has 0 radical (unpaired) electrons. The number of hydrogen-bond donors (Lipinski definition) is 2. The zero-order valence-electron chi connectivity index (χ0n) is 14.4. The zero-order chi connectivity index (χ0) is 17.4. The lowest BCUT2D eigenvalue weighted by Crippen LogP contribution is -2.45. The normalized spacial score (nSPS) is 10.4. The Morgan fingerprint density at radius 3 is 1.92 bits per heavy atom. The molecule has 2 rings (SSSR count). The van der Waals surface area contributed by atoms with Gasteiger partial charge < -0.3 is 10.4 Å². The Labute approximate surface area is 155 Å². The first-order valence-corrected chi connectivity index (χ1v) is 7.77. The van der Waals surface area contributed by atoms with Crippen molar-refractivity contribution >= 4 is 18.3 Å². The Bertz CT molecular complexity index is 682. The van der Waals surface area contributed by atoms with Crippen LogP contribution >= 0.6 is 12.4 Å². The van der Waals surface area contributed by atoms with Crippen molar-refractivity contribution in [3.63, 3.8) is 0 Å².